The first-order chi connectivity index (χ1) is 22.3. The van der Waals surface area contributed by atoms with Gasteiger partial charge in [-0.3, -0.25) is 14.4 Å². The molecular weight excluding hydrogens is 580 g/mol. The fourth-order valence-electron chi connectivity index (χ4n) is 5.58. The lowest BCUT2D eigenvalue weighted by Gasteiger charge is -2.32. The molecule has 0 saturated carbocycles. The van der Waals surface area contributed by atoms with Gasteiger partial charge in [-0.2, -0.15) is 0 Å². The van der Waals surface area contributed by atoms with Crippen LogP contribution in [0.25, 0.3) is 11.1 Å². The summed E-state index contributed by atoms with van der Waals surface area (Å²) in [4.78, 5) is 39.7. The molecule has 0 aliphatic carbocycles. The standard InChI is InChI=1S/C38H44N2O6/c1-39-21-23-40(24-22-39)38(45)33-27-29(26-32(28-33)30-13-8-5-9-14-30)12-6-3-2-4-7-15-31-16-10-17-35(34(31)19-20-37(43)44)46-25-11-18-36(41)42/h5,8-10,13-14,16-17,26-28H,2-4,7,11,15,18-25H2,1H3,(H,41,42)(H,43,44). The lowest BCUT2D eigenvalue weighted by Crippen LogP contribution is -2.47. The second kappa shape index (κ2) is 17.8. The Morgan fingerprint density at radius 1 is 0.783 bits per heavy atom. The van der Waals surface area contributed by atoms with Gasteiger partial charge in [0.15, 0.2) is 0 Å². The number of carboxylic acids is 2. The first-order valence-corrected chi connectivity index (χ1v) is 16.1. The van der Waals surface area contributed by atoms with Crippen LogP contribution in [0, 0.1) is 11.8 Å². The molecule has 46 heavy (non-hydrogen) atoms. The SMILES string of the molecule is CN1CCN(C(=O)c2cc(C#CCCCCCc3cccc(OCCCC(=O)O)c3CCC(=O)O)cc(-c3ccccc3)c2)CC1. The van der Waals surface area contributed by atoms with Crippen LogP contribution < -0.4 is 4.74 Å². The molecule has 3 aromatic rings. The highest BCUT2D eigenvalue weighted by molar-refractivity contribution is 5.96. The van der Waals surface area contributed by atoms with Crippen molar-refractivity contribution in [3.05, 3.63) is 89.0 Å². The monoisotopic (exact) mass is 624 g/mol. The van der Waals surface area contributed by atoms with Gasteiger partial charge in [0.1, 0.15) is 5.75 Å². The zero-order valence-electron chi connectivity index (χ0n) is 26.7. The minimum atomic E-state index is -0.866. The van der Waals surface area contributed by atoms with Gasteiger partial charge in [-0.1, -0.05) is 60.7 Å². The van der Waals surface area contributed by atoms with E-state index in [1.807, 2.05) is 65.6 Å². The van der Waals surface area contributed by atoms with Gasteiger partial charge in [-0.05, 0) is 85.7 Å². The number of carbonyl (C=O) groups is 3. The topological polar surface area (TPSA) is 107 Å². The van der Waals surface area contributed by atoms with E-state index in [-0.39, 0.29) is 25.4 Å². The summed E-state index contributed by atoms with van der Waals surface area (Å²) >= 11 is 0. The highest BCUT2D eigenvalue weighted by Gasteiger charge is 2.21. The van der Waals surface area contributed by atoms with Gasteiger partial charge < -0.3 is 24.7 Å². The average molecular weight is 625 g/mol. The van der Waals surface area contributed by atoms with E-state index in [0.29, 0.717) is 24.2 Å². The number of rotatable bonds is 15. The van der Waals surface area contributed by atoms with Crippen molar-refractivity contribution in [2.75, 3.05) is 39.8 Å². The molecule has 2 N–H and O–H groups in total. The number of piperazine rings is 1. The Bertz CT molecular complexity index is 1530. The largest absolute Gasteiger partial charge is 0.493 e. The molecule has 1 aliphatic heterocycles. The van der Waals surface area contributed by atoms with Crippen molar-refractivity contribution >= 4 is 17.8 Å². The molecule has 8 heteroatoms. The van der Waals surface area contributed by atoms with Crippen molar-refractivity contribution in [1.29, 1.82) is 0 Å². The molecule has 4 rings (SSSR count). The molecule has 3 aromatic carbocycles. The van der Waals surface area contributed by atoms with E-state index >= 15 is 0 Å². The summed E-state index contributed by atoms with van der Waals surface area (Å²) in [6.07, 6.45) is 5.14. The normalized spacial score (nSPS) is 13.1. The van der Waals surface area contributed by atoms with Gasteiger partial charge in [-0.15, -0.1) is 0 Å². The molecule has 242 valence electrons. The Morgan fingerprint density at radius 3 is 2.28 bits per heavy atom. The molecule has 0 radical (unpaired) electrons. The maximum atomic E-state index is 13.4. The highest BCUT2D eigenvalue weighted by Crippen LogP contribution is 2.27. The summed E-state index contributed by atoms with van der Waals surface area (Å²) in [5.41, 5.74) is 5.50. The van der Waals surface area contributed by atoms with Crippen molar-refractivity contribution in [2.24, 2.45) is 0 Å². The Balaban J connectivity index is 1.36. The summed E-state index contributed by atoms with van der Waals surface area (Å²) in [7, 11) is 2.08. The molecule has 8 nitrogen and oxygen atoms in total. The second-order valence-electron chi connectivity index (χ2n) is 11.8. The van der Waals surface area contributed by atoms with E-state index in [4.69, 9.17) is 9.84 Å². The Morgan fingerprint density at radius 2 is 1.54 bits per heavy atom. The number of hydrogen-bond donors (Lipinski definition) is 2. The van der Waals surface area contributed by atoms with Crippen LogP contribution in [0.15, 0.2) is 66.7 Å². The smallest absolute Gasteiger partial charge is 0.303 e. The Hall–Kier alpha value is -4.61. The third-order valence-electron chi connectivity index (χ3n) is 8.17. The van der Waals surface area contributed by atoms with Crippen molar-refractivity contribution in [3.8, 4) is 28.7 Å². The molecule has 1 saturated heterocycles. The molecule has 0 spiro atoms. The van der Waals surface area contributed by atoms with Crippen molar-refractivity contribution in [2.45, 2.75) is 57.8 Å². The number of carboxylic acid groups (broad SMARTS) is 2. The molecule has 1 aliphatic rings. The number of ether oxygens (including phenoxy) is 1. The number of nitrogens with zero attached hydrogens (tertiary/aromatic N) is 2. The number of aryl methyl sites for hydroxylation is 1. The second-order valence-corrected chi connectivity index (χ2v) is 11.8. The zero-order chi connectivity index (χ0) is 32.7. The number of benzene rings is 3. The van der Waals surface area contributed by atoms with E-state index in [0.717, 1.165) is 86.1 Å². The van der Waals surface area contributed by atoms with E-state index in [1.165, 1.54) is 0 Å². The molecule has 0 unspecified atom stereocenters. The average Bonchev–Trinajstić information content (AvgIpc) is 3.06. The fourth-order valence-corrected chi connectivity index (χ4v) is 5.58. The predicted octanol–water partition coefficient (Wildman–Crippen LogP) is 6.16. The predicted molar refractivity (Wildman–Crippen MR) is 179 cm³/mol. The summed E-state index contributed by atoms with van der Waals surface area (Å²) in [5.74, 6) is 5.57. The Kier molecular flexibility index (Phi) is 13.2. The third kappa shape index (κ3) is 10.8. The van der Waals surface area contributed by atoms with Crippen molar-refractivity contribution < 1.29 is 29.3 Å². The lowest BCUT2D eigenvalue weighted by atomic mass is 9.96. The molecule has 1 heterocycles. The number of hydrogen-bond acceptors (Lipinski definition) is 5. The maximum Gasteiger partial charge on any atom is 0.303 e. The van der Waals surface area contributed by atoms with Gasteiger partial charge in [0.05, 0.1) is 6.61 Å². The molecular formula is C38H44N2O6. The lowest BCUT2D eigenvalue weighted by molar-refractivity contribution is -0.138. The van der Waals surface area contributed by atoms with Crippen LogP contribution in [0.2, 0.25) is 0 Å². The van der Waals surface area contributed by atoms with Gasteiger partial charge in [0.25, 0.3) is 5.91 Å². The highest BCUT2D eigenvalue weighted by atomic mass is 16.5. The summed E-state index contributed by atoms with van der Waals surface area (Å²) in [6.45, 7) is 3.45. The van der Waals surface area contributed by atoms with Gasteiger partial charge in [-0.25, -0.2) is 0 Å². The van der Waals surface area contributed by atoms with E-state index in [9.17, 15) is 19.5 Å². The number of carbonyl (C=O) groups excluding carboxylic acids is 1. The zero-order valence-corrected chi connectivity index (χ0v) is 26.7. The van der Waals surface area contributed by atoms with Crippen LogP contribution in [-0.4, -0.2) is 77.7 Å². The van der Waals surface area contributed by atoms with Crippen LogP contribution in [0.1, 0.15) is 72.0 Å². The third-order valence-corrected chi connectivity index (χ3v) is 8.17. The maximum absolute atomic E-state index is 13.4. The van der Waals surface area contributed by atoms with Crippen LogP contribution in [0.3, 0.4) is 0 Å². The first kappa shape index (κ1) is 34.3. The number of likely N-dealkylation sites (N-methyl/N-ethyl adjacent to an activating group) is 1. The van der Waals surface area contributed by atoms with E-state index < -0.39 is 11.9 Å². The van der Waals surface area contributed by atoms with Crippen LogP contribution in [0.4, 0.5) is 0 Å². The van der Waals surface area contributed by atoms with E-state index in [2.05, 4.69) is 29.9 Å². The summed E-state index contributed by atoms with van der Waals surface area (Å²) in [5, 5.41) is 18.1. The summed E-state index contributed by atoms with van der Waals surface area (Å²) in [6, 6.07) is 21.8. The van der Waals surface area contributed by atoms with Gasteiger partial charge in [0.2, 0.25) is 0 Å². The van der Waals surface area contributed by atoms with Gasteiger partial charge in [0, 0.05) is 56.6 Å². The minimum absolute atomic E-state index is 0.00620. The minimum Gasteiger partial charge on any atom is -0.493 e. The summed E-state index contributed by atoms with van der Waals surface area (Å²) < 4.78 is 5.86. The number of aliphatic carboxylic acids is 2. The van der Waals surface area contributed by atoms with E-state index in [1.54, 1.807) is 0 Å². The number of unbranched alkanes of at least 4 members (excludes halogenated alkanes) is 3. The van der Waals surface area contributed by atoms with Crippen molar-refractivity contribution in [1.82, 2.24) is 9.80 Å². The fraction of sp³-hybridized carbons (Fsp3) is 0.395. The van der Waals surface area contributed by atoms with Crippen LogP contribution in [0.5, 0.6) is 5.75 Å². The van der Waals surface area contributed by atoms with Crippen LogP contribution in [-0.2, 0) is 22.4 Å². The van der Waals surface area contributed by atoms with Gasteiger partial charge >= 0.3 is 11.9 Å². The van der Waals surface area contributed by atoms with Crippen LogP contribution >= 0.6 is 0 Å². The quantitative estimate of drug-likeness (QED) is 0.154. The first-order valence-electron chi connectivity index (χ1n) is 16.1. The Labute approximate surface area is 272 Å². The molecule has 0 atom stereocenters. The molecule has 1 fully saturated rings. The number of amides is 1. The molecule has 0 bridgehead atoms. The van der Waals surface area contributed by atoms with Crippen molar-refractivity contribution in [3.63, 3.8) is 0 Å². The molecule has 0 aromatic heterocycles. The molecule has 1 amide bonds.